The molecular formula is C42H27NO2. The highest BCUT2D eigenvalue weighted by molar-refractivity contribution is 6.23. The van der Waals surface area contributed by atoms with Gasteiger partial charge in [-0.3, -0.25) is 0 Å². The third-order valence-electron chi connectivity index (χ3n) is 8.65. The average Bonchev–Trinajstić information content (AvgIpc) is 3.67. The highest BCUT2D eigenvalue weighted by atomic mass is 16.3. The first-order chi connectivity index (χ1) is 22.3. The van der Waals surface area contributed by atoms with E-state index in [-0.39, 0.29) is 0 Å². The Kier molecular flexibility index (Phi) is 5.82. The molecule has 212 valence electrons. The predicted octanol–water partition coefficient (Wildman–Crippen LogP) is 12.3. The molecule has 0 aliphatic carbocycles. The van der Waals surface area contributed by atoms with Crippen molar-refractivity contribution in [3.05, 3.63) is 164 Å². The summed E-state index contributed by atoms with van der Waals surface area (Å²) in [6.07, 6.45) is 0. The van der Waals surface area contributed by atoms with E-state index in [2.05, 4.69) is 144 Å². The lowest BCUT2D eigenvalue weighted by atomic mass is 9.96. The van der Waals surface area contributed by atoms with Crippen LogP contribution in [0.2, 0.25) is 0 Å². The van der Waals surface area contributed by atoms with Crippen LogP contribution in [0.15, 0.2) is 173 Å². The van der Waals surface area contributed by atoms with Crippen LogP contribution in [0.3, 0.4) is 0 Å². The molecule has 7 aromatic carbocycles. The molecule has 0 saturated heterocycles. The second-order valence-corrected chi connectivity index (χ2v) is 11.3. The van der Waals surface area contributed by atoms with Crippen LogP contribution >= 0.6 is 0 Å². The van der Waals surface area contributed by atoms with Crippen LogP contribution in [0.25, 0.3) is 66.1 Å². The van der Waals surface area contributed by atoms with Crippen LogP contribution in [0, 0.1) is 0 Å². The van der Waals surface area contributed by atoms with Crippen LogP contribution < -0.4 is 4.90 Å². The van der Waals surface area contributed by atoms with E-state index in [1.54, 1.807) is 0 Å². The van der Waals surface area contributed by atoms with Gasteiger partial charge in [0.25, 0.3) is 0 Å². The Morgan fingerprint density at radius 3 is 1.69 bits per heavy atom. The summed E-state index contributed by atoms with van der Waals surface area (Å²) in [5.41, 5.74) is 11.2. The molecule has 2 heterocycles. The van der Waals surface area contributed by atoms with E-state index in [4.69, 9.17) is 8.83 Å². The summed E-state index contributed by atoms with van der Waals surface area (Å²) in [4.78, 5) is 2.30. The Hall–Kier alpha value is -6.06. The van der Waals surface area contributed by atoms with Crippen LogP contribution in [0.4, 0.5) is 17.1 Å². The van der Waals surface area contributed by atoms with Gasteiger partial charge in [0, 0.05) is 44.2 Å². The molecule has 0 saturated carbocycles. The summed E-state index contributed by atoms with van der Waals surface area (Å²) in [6, 6.07) is 57.1. The van der Waals surface area contributed by atoms with Gasteiger partial charge in [-0.25, -0.2) is 0 Å². The Balaban J connectivity index is 1.27. The maximum atomic E-state index is 6.72. The standard InChI is InChI=1S/C42H27NO2/c1-4-12-28(13-5-1)29-20-22-32(23-21-29)43(31-16-8-3-9-17-31)33-24-25-38-35(26-33)36-27-39-41(34-18-10-11-19-37(34)44-39)40(42(36)45-38)30-14-6-2-7-15-30/h1-27H. The van der Waals surface area contributed by atoms with E-state index in [0.717, 1.165) is 72.1 Å². The minimum atomic E-state index is 0.843. The smallest absolute Gasteiger partial charge is 0.144 e. The maximum Gasteiger partial charge on any atom is 0.144 e. The summed E-state index contributed by atoms with van der Waals surface area (Å²) < 4.78 is 13.2. The molecule has 0 N–H and O–H groups in total. The Bertz CT molecular complexity index is 2460. The fraction of sp³-hybridized carbons (Fsp3) is 0. The number of hydrogen-bond donors (Lipinski definition) is 0. The summed E-state index contributed by atoms with van der Waals surface area (Å²) in [7, 11) is 0. The number of furan rings is 2. The average molecular weight is 578 g/mol. The molecule has 0 aliphatic rings. The zero-order valence-electron chi connectivity index (χ0n) is 24.4. The number of nitrogens with zero attached hydrogens (tertiary/aromatic N) is 1. The lowest BCUT2D eigenvalue weighted by Gasteiger charge is -2.25. The third kappa shape index (κ3) is 4.21. The largest absolute Gasteiger partial charge is 0.456 e. The van der Waals surface area contributed by atoms with Gasteiger partial charge in [-0.05, 0) is 71.3 Å². The minimum absolute atomic E-state index is 0.843. The number of para-hydroxylation sites is 2. The van der Waals surface area contributed by atoms with E-state index in [1.165, 1.54) is 11.1 Å². The van der Waals surface area contributed by atoms with Gasteiger partial charge in [-0.2, -0.15) is 0 Å². The van der Waals surface area contributed by atoms with Gasteiger partial charge in [0.1, 0.15) is 22.3 Å². The van der Waals surface area contributed by atoms with Gasteiger partial charge in [0.2, 0.25) is 0 Å². The Morgan fingerprint density at radius 2 is 0.933 bits per heavy atom. The van der Waals surface area contributed by atoms with Gasteiger partial charge in [0.05, 0.1) is 0 Å². The van der Waals surface area contributed by atoms with Crippen molar-refractivity contribution in [2.45, 2.75) is 0 Å². The van der Waals surface area contributed by atoms with Crippen molar-refractivity contribution in [3.8, 4) is 22.3 Å². The van der Waals surface area contributed by atoms with Gasteiger partial charge in [-0.1, -0.05) is 109 Å². The fourth-order valence-electron chi connectivity index (χ4n) is 6.58. The van der Waals surface area contributed by atoms with Crippen molar-refractivity contribution >= 4 is 60.9 Å². The van der Waals surface area contributed by atoms with Crippen molar-refractivity contribution in [1.82, 2.24) is 0 Å². The lowest BCUT2D eigenvalue weighted by Crippen LogP contribution is -2.09. The minimum Gasteiger partial charge on any atom is -0.456 e. The van der Waals surface area contributed by atoms with Crippen LogP contribution in [-0.4, -0.2) is 0 Å². The topological polar surface area (TPSA) is 29.5 Å². The summed E-state index contributed by atoms with van der Waals surface area (Å²) in [6.45, 7) is 0. The number of anilines is 3. The van der Waals surface area contributed by atoms with E-state index >= 15 is 0 Å². The zero-order valence-corrected chi connectivity index (χ0v) is 24.4. The van der Waals surface area contributed by atoms with Crippen molar-refractivity contribution in [2.24, 2.45) is 0 Å². The molecule has 0 radical (unpaired) electrons. The molecule has 0 spiro atoms. The van der Waals surface area contributed by atoms with E-state index < -0.39 is 0 Å². The van der Waals surface area contributed by atoms with E-state index in [9.17, 15) is 0 Å². The van der Waals surface area contributed by atoms with Crippen LogP contribution in [-0.2, 0) is 0 Å². The monoisotopic (exact) mass is 577 g/mol. The molecule has 0 fully saturated rings. The molecule has 0 bridgehead atoms. The number of benzene rings is 7. The molecule has 3 heteroatoms. The fourth-order valence-corrected chi connectivity index (χ4v) is 6.58. The number of fused-ring (bicyclic) bond motifs is 6. The molecule has 0 atom stereocenters. The van der Waals surface area contributed by atoms with Crippen molar-refractivity contribution in [3.63, 3.8) is 0 Å². The molecule has 3 nitrogen and oxygen atoms in total. The number of hydrogen-bond acceptors (Lipinski definition) is 3. The van der Waals surface area contributed by atoms with Gasteiger partial charge < -0.3 is 13.7 Å². The molecule has 9 aromatic rings. The summed E-state index contributed by atoms with van der Waals surface area (Å²) in [5.74, 6) is 0. The molecule has 0 aliphatic heterocycles. The molecule has 9 rings (SSSR count). The van der Waals surface area contributed by atoms with Crippen molar-refractivity contribution in [2.75, 3.05) is 4.90 Å². The summed E-state index contributed by atoms with van der Waals surface area (Å²) in [5, 5.41) is 4.24. The van der Waals surface area contributed by atoms with Crippen molar-refractivity contribution < 1.29 is 8.83 Å². The second kappa shape index (κ2) is 10.3. The first-order valence-electron chi connectivity index (χ1n) is 15.2. The second-order valence-electron chi connectivity index (χ2n) is 11.3. The molecule has 0 unspecified atom stereocenters. The van der Waals surface area contributed by atoms with Crippen LogP contribution in [0.1, 0.15) is 0 Å². The predicted molar refractivity (Wildman–Crippen MR) is 187 cm³/mol. The normalized spacial score (nSPS) is 11.6. The molecular weight excluding hydrogens is 550 g/mol. The van der Waals surface area contributed by atoms with Gasteiger partial charge in [-0.15, -0.1) is 0 Å². The first kappa shape index (κ1) is 25.4. The SMILES string of the molecule is c1ccc(-c2ccc(N(c3ccccc3)c3ccc4oc5c(-c6ccccc6)c6c(cc5c4c3)oc3ccccc36)cc2)cc1. The number of rotatable bonds is 5. The Morgan fingerprint density at radius 1 is 0.356 bits per heavy atom. The highest BCUT2D eigenvalue weighted by Crippen LogP contribution is 2.46. The summed E-state index contributed by atoms with van der Waals surface area (Å²) >= 11 is 0. The molecule has 45 heavy (non-hydrogen) atoms. The van der Waals surface area contributed by atoms with E-state index in [1.807, 2.05) is 24.3 Å². The van der Waals surface area contributed by atoms with E-state index in [0.29, 0.717) is 0 Å². The lowest BCUT2D eigenvalue weighted by molar-refractivity contribution is 0.664. The third-order valence-corrected chi connectivity index (χ3v) is 8.65. The van der Waals surface area contributed by atoms with Gasteiger partial charge in [0.15, 0.2) is 0 Å². The van der Waals surface area contributed by atoms with Gasteiger partial charge >= 0.3 is 0 Å². The van der Waals surface area contributed by atoms with Crippen molar-refractivity contribution in [1.29, 1.82) is 0 Å². The quantitative estimate of drug-likeness (QED) is 0.204. The van der Waals surface area contributed by atoms with Crippen LogP contribution in [0.5, 0.6) is 0 Å². The maximum absolute atomic E-state index is 6.72. The molecule has 2 aromatic heterocycles. The Labute approximate surface area is 260 Å². The first-order valence-corrected chi connectivity index (χ1v) is 15.2. The highest BCUT2D eigenvalue weighted by Gasteiger charge is 2.22. The molecule has 0 amide bonds. The zero-order chi connectivity index (χ0) is 29.7.